The Kier molecular flexibility index (Phi) is 32.0. The van der Waals surface area contributed by atoms with E-state index in [0.717, 1.165) is 44.9 Å². The Bertz CT molecular complexity index is 901. The van der Waals surface area contributed by atoms with Crippen LogP contribution in [0.15, 0.2) is 36.5 Å². The molecule has 0 radical (unpaired) electrons. The third kappa shape index (κ3) is 32.8. The molecule has 0 saturated carbocycles. The Hall–Kier alpha value is -1.48. The number of allylic oxidation sites excluding steroid dienone is 5. The molecule has 0 saturated heterocycles. The number of unbranched alkanes of at least 4 members (excludes halogenated alkanes) is 21. The molecular formula is C39H73NO6S. The molecule has 0 aliphatic rings. The summed E-state index contributed by atoms with van der Waals surface area (Å²) in [5.41, 5.74) is 0. The number of carbonyl (C=O) groups excluding carboxylic acids is 1. The topological polar surface area (TPSA) is 124 Å². The van der Waals surface area contributed by atoms with E-state index in [-0.39, 0.29) is 6.42 Å². The van der Waals surface area contributed by atoms with E-state index >= 15 is 0 Å². The van der Waals surface area contributed by atoms with Crippen molar-refractivity contribution in [3.63, 3.8) is 0 Å². The van der Waals surface area contributed by atoms with E-state index in [0.29, 0.717) is 12.8 Å². The van der Waals surface area contributed by atoms with Gasteiger partial charge < -0.3 is 15.5 Å². The quantitative estimate of drug-likeness (QED) is 0.0304. The lowest BCUT2D eigenvalue weighted by molar-refractivity contribution is -0.130. The summed E-state index contributed by atoms with van der Waals surface area (Å²) < 4.78 is 32.4. The first-order chi connectivity index (χ1) is 22.7. The van der Waals surface area contributed by atoms with E-state index in [1.807, 2.05) is 0 Å². The molecule has 0 fully saturated rings. The minimum absolute atomic E-state index is 0.274. The van der Waals surface area contributed by atoms with Crippen molar-refractivity contribution >= 4 is 16.0 Å². The first-order valence-electron chi connectivity index (χ1n) is 19.3. The predicted octanol–water partition coefficient (Wildman–Crippen LogP) is 9.93. The minimum Gasteiger partial charge on any atom is -0.387 e. The molecule has 0 aliphatic carbocycles. The molecule has 1 amide bonds. The zero-order valence-corrected chi connectivity index (χ0v) is 31.1. The molecule has 0 spiro atoms. The molecule has 47 heavy (non-hydrogen) atoms. The molecule has 0 heterocycles. The normalized spacial score (nSPS) is 14.4. The maximum atomic E-state index is 12.5. The molecule has 0 rings (SSSR count). The molecule has 8 heteroatoms. The van der Waals surface area contributed by atoms with Crippen LogP contribution < -0.4 is 5.32 Å². The van der Waals surface area contributed by atoms with Crippen LogP contribution in [0.1, 0.15) is 181 Å². The Labute approximate surface area is 289 Å². The zero-order chi connectivity index (χ0) is 34.9. The van der Waals surface area contributed by atoms with Crippen LogP contribution in [0.2, 0.25) is 0 Å². The van der Waals surface area contributed by atoms with Gasteiger partial charge in [-0.05, 0) is 44.9 Å². The van der Waals surface area contributed by atoms with E-state index < -0.39 is 40.0 Å². The van der Waals surface area contributed by atoms with Gasteiger partial charge in [0, 0.05) is 0 Å². The van der Waals surface area contributed by atoms with E-state index in [9.17, 15) is 28.0 Å². The lowest BCUT2D eigenvalue weighted by Crippen LogP contribution is -2.50. The Balaban J connectivity index is 4.10. The maximum absolute atomic E-state index is 12.5. The van der Waals surface area contributed by atoms with Crippen molar-refractivity contribution in [2.24, 2.45) is 0 Å². The summed E-state index contributed by atoms with van der Waals surface area (Å²) >= 11 is 0. The molecule has 0 aromatic rings. The molecule has 3 atom stereocenters. The molecule has 0 aliphatic heterocycles. The SMILES string of the molecule is CCCCC/C=C/CC/C=C/CC/C=C/C(O)C(CS(=O)(=O)O)NC(=O)C(O)CCCCCCCCCCCCCCCCCCC. The molecule has 7 nitrogen and oxygen atoms in total. The second-order valence-electron chi connectivity index (χ2n) is 13.3. The van der Waals surface area contributed by atoms with Crippen molar-refractivity contribution < 1.29 is 28.0 Å². The molecule has 276 valence electrons. The Morgan fingerprint density at radius 2 is 0.957 bits per heavy atom. The van der Waals surface area contributed by atoms with Crippen molar-refractivity contribution in [2.75, 3.05) is 5.75 Å². The fourth-order valence-corrected chi connectivity index (χ4v) is 6.40. The number of hydrogen-bond donors (Lipinski definition) is 4. The summed E-state index contributed by atoms with van der Waals surface area (Å²) in [6.07, 6.45) is 39.1. The van der Waals surface area contributed by atoms with Crippen molar-refractivity contribution in [3.8, 4) is 0 Å². The number of amides is 1. The van der Waals surface area contributed by atoms with E-state index in [4.69, 9.17) is 0 Å². The summed E-state index contributed by atoms with van der Waals surface area (Å²) in [6.45, 7) is 4.46. The highest BCUT2D eigenvalue weighted by Crippen LogP contribution is 2.15. The fourth-order valence-electron chi connectivity index (χ4n) is 5.66. The summed E-state index contributed by atoms with van der Waals surface area (Å²) in [4.78, 5) is 12.5. The lowest BCUT2D eigenvalue weighted by atomic mass is 10.0. The van der Waals surface area contributed by atoms with Crippen molar-refractivity contribution in [2.45, 2.75) is 199 Å². The van der Waals surface area contributed by atoms with Crippen molar-refractivity contribution in [1.29, 1.82) is 0 Å². The monoisotopic (exact) mass is 684 g/mol. The van der Waals surface area contributed by atoms with Crippen LogP contribution in [0, 0.1) is 0 Å². The van der Waals surface area contributed by atoms with Gasteiger partial charge in [0.1, 0.15) is 6.10 Å². The zero-order valence-electron chi connectivity index (χ0n) is 30.3. The highest BCUT2D eigenvalue weighted by atomic mass is 32.2. The second kappa shape index (κ2) is 33.0. The maximum Gasteiger partial charge on any atom is 0.267 e. The van der Waals surface area contributed by atoms with Crippen molar-refractivity contribution in [1.82, 2.24) is 5.32 Å². The number of hydrogen-bond acceptors (Lipinski definition) is 5. The minimum atomic E-state index is -4.45. The number of aliphatic hydroxyl groups is 2. The highest BCUT2D eigenvalue weighted by Gasteiger charge is 2.27. The molecule has 4 N–H and O–H groups in total. The largest absolute Gasteiger partial charge is 0.387 e. The van der Waals surface area contributed by atoms with Gasteiger partial charge in [-0.15, -0.1) is 0 Å². The van der Waals surface area contributed by atoms with Crippen LogP contribution in [0.5, 0.6) is 0 Å². The van der Waals surface area contributed by atoms with Gasteiger partial charge in [0.15, 0.2) is 0 Å². The summed E-state index contributed by atoms with van der Waals surface area (Å²) in [7, 11) is -4.45. The number of carbonyl (C=O) groups is 1. The van der Waals surface area contributed by atoms with Gasteiger partial charge in [-0.2, -0.15) is 8.42 Å². The molecule has 0 aromatic heterocycles. The average Bonchev–Trinajstić information content (AvgIpc) is 3.03. The first-order valence-corrected chi connectivity index (χ1v) is 20.9. The van der Waals surface area contributed by atoms with Gasteiger partial charge >= 0.3 is 0 Å². The summed E-state index contributed by atoms with van der Waals surface area (Å²) in [5.74, 6) is -1.56. The van der Waals surface area contributed by atoms with E-state index in [1.54, 1.807) is 6.08 Å². The van der Waals surface area contributed by atoms with Gasteiger partial charge in [0.2, 0.25) is 5.91 Å². The molecular weight excluding hydrogens is 610 g/mol. The first kappa shape index (κ1) is 45.5. The van der Waals surface area contributed by atoms with Crippen LogP contribution in [-0.4, -0.2) is 53.1 Å². The molecule has 0 bridgehead atoms. The van der Waals surface area contributed by atoms with Gasteiger partial charge in [-0.25, -0.2) is 0 Å². The number of aliphatic hydroxyl groups excluding tert-OH is 2. The lowest BCUT2D eigenvalue weighted by Gasteiger charge is -2.22. The molecule has 0 aromatic carbocycles. The van der Waals surface area contributed by atoms with Gasteiger partial charge in [0.25, 0.3) is 10.1 Å². The summed E-state index contributed by atoms with van der Waals surface area (Å²) in [6, 6.07) is -1.25. The Morgan fingerprint density at radius 1 is 0.574 bits per heavy atom. The Morgan fingerprint density at radius 3 is 1.40 bits per heavy atom. The van der Waals surface area contributed by atoms with Crippen LogP contribution in [-0.2, 0) is 14.9 Å². The van der Waals surface area contributed by atoms with Gasteiger partial charge in [-0.1, -0.05) is 172 Å². The van der Waals surface area contributed by atoms with Crippen LogP contribution >= 0.6 is 0 Å². The van der Waals surface area contributed by atoms with Gasteiger partial charge in [-0.3, -0.25) is 9.35 Å². The summed E-state index contributed by atoms with van der Waals surface area (Å²) in [5, 5.41) is 23.3. The third-order valence-corrected chi connectivity index (χ3v) is 9.44. The van der Waals surface area contributed by atoms with E-state index in [1.165, 1.54) is 109 Å². The standard InChI is InChI=1S/C39H73NO6S/c1-3-5-7-9-11-13-15-17-18-19-20-22-24-26-28-30-32-34-38(42)39(43)40-36(35-47(44,45)46)37(41)33-31-29-27-25-23-21-16-14-12-10-8-6-4-2/h12,14,23,25,31,33,36-38,41-42H,3-11,13,15-22,24,26-30,32,34-35H2,1-2H3,(H,40,43)(H,44,45,46)/b14-12+,25-23+,33-31+. The second-order valence-corrected chi connectivity index (χ2v) is 14.8. The molecule has 3 unspecified atom stereocenters. The number of rotatable bonds is 34. The van der Waals surface area contributed by atoms with E-state index in [2.05, 4.69) is 43.5 Å². The highest BCUT2D eigenvalue weighted by molar-refractivity contribution is 7.85. The van der Waals surface area contributed by atoms with Crippen molar-refractivity contribution in [3.05, 3.63) is 36.5 Å². The smallest absolute Gasteiger partial charge is 0.267 e. The number of nitrogens with one attached hydrogen (secondary N) is 1. The van der Waals surface area contributed by atoms with Gasteiger partial charge in [0.05, 0.1) is 17.9 Å². The average molecular weight is 684 g/mol. The predicted molar refractivity (Wildman–Crippen MR) is 199 cm³/mol. The fraction of sp³-hybridized carbons (Fsp3) is 0.821. The van der Waals surface area contributed by atoms with Crippen LogP contribution in [0.25, 0.3) is 0 Å². The third-order valence-electron chi connectivity index (χ3n) is 8.65. The van der Waals surface area contributed by atoms with Crippen LogP contribution in [0.4, 0.5) is 0 Å². The van der Waals surface area contributed by atoms with Crippen LogP contribution in [0.3, 0.4) is 0 Å².